The van der Waals surface area contributed by atoms with Gasteiger partial charge in [0.25, 0.3) is 5.91 Å². The number of nitrogens with zero attached hydrogens (tertiary/aromatic N) is 1. The van der Waals surface area contributed by atoms with Crippen LogP contribution in [0.4, 0.5) is 0 Å². The van der Waals surface area contributed by atoms with Crippen LogP contribution >= 0.6 is 0 Å². The van der Waals surface area contributed by atoms with Gasteiger partial charge in [-0.2, -0.15) is 0 Å². The molecule has 1 aromatic rings. The third-order valence-corrected chi connectivity index (χ3v) is 4.58. The lowest BCUT2D eigenvalue weighted by Gasteiger charge is -2.37. The maximum Gasteiger partial charge on any atom is 0.341 e. The second-order valence-electron chi connectivity index (χ2n) is 6.18. The minimum absolute atomic E-state index is 0.0501. The minimum Gasteiger partial charge on any atom is -0.490 e. The Morgan fingerprint density at radius 3 is 2.88 bits per heavy atom. The van der Waals surface area contributed by atoms with E-state index in [0.29, 0.717) is 36.8 Å². The highest BCUT2D eigenvalue weighted by molar-refractivity contribution is 5.95. The van der Waals surface area contributed by atoms with Gasteiger partial charge in [-0.05, 0) is 44.4 Å². The topological polar surface area (TPSA) is 85.3 Å². The Hall–Kier alpha value is -2.28. The fourth-order valence-corrected chi connectivity index (χ4v) is 3.51. The van der Waals surface area contributed by atoms with Crippen molar-refractivity contribution in [3.63, 3.8) is 0 Å². The van der Waals surface area contributed by atoms with Crippen molar-refractivity contribution in [1.82, 2.24) is 4.90 Å². The van der Waals surface area contributed by atoms with Gasteiger partial charge in [0.05, 0.1) is 25.4 Å². The summed E-state index contributed by atoms with van der Waals surface area (Å²) in [5.41, 5.74) is 0.513. The maximum absolute atomic E-state index is 13.0. The van der Waals surface area contributed by atoms with Crippen LogP contribution in [-0.4, -0.2) is 60.4 Å². The van der Waals surface area contributed by atoms with Gasteiger partial charge in [-0.15, -0.1) is 0 Å². The lowest BCUT2D eigenvalue weighted by molar-refractivity contribution is -0.139. The first-order chi connectivity index (χ1) is 12.1. The maximum atomic E-state index is 13.0. The molecule has 0 aromatic heterocycles. The van der Waals surface area contributed by atoms with Gasteiger partial charge in [-0.3, -0.25) is 4.79 Å². The number of carbonyl (C=O) groups is 2. The summed E-state index contributed by atoms with van der Waals surface area (Å²) in [5, 5.41) is 8.76. The molecule has 1 saturated heterocycles. The average Bonchev–Trinajstić information content (AvgIpc) is 3.09. The number of hydrogen-bond donors (Lipinski definition) is 1. The Morgan fingerprint density at radius 2 is 2.12 bits per heavy atom. The first-order valence-corrected chi connectivity index (χ1v) is 8.64. The van der Waals surface area contributed by atoms with E-state index in [1.165, 1.54) is 0 Å². The van der Waals surface area contributed by atoms with Crippen molar-refractivity contribution in [2.45, 2.75) is 38.3 Å². The van der Waals surface area contributed by atoms with Crippen LogP contribution in [0.15, 0.2) is 18.2 Å². The van der Waals surface area contributed by atoms with Gasteiger partial charge in [0.2, 0.25) is 0 Å². The fraction of sp³-hybridized carbons (Fsp3) is 0.556. The average molecular weight is 349 g/mol. The van der Waals surface area contributed by atoms with E-state index in [2.05, 4.69) is 0 Å². The highest BCUT2D eigenvalue weighted by Crippen LogP contribution is 2.33. The molecule has 2 aliphatic rings. The van der Waals surface area contributed by atoms with Crippen molar-refractivity contribution in [3.05, 3.63) is 23.8 Å². The zero-order valence-electron chi connectivity index (χ0n) is 14.3. The van der Waals surface area contributed by atoms with E-state index in [1.54, 1.807) is 18.2 Å². The molecule has 7 heteroatoms. The van der Waals surface area contributed by atoms with Crippen molar-refractivity contribution in [1.29, 1.82) is 0 Å². The summed E-state index contributed by atoms with van der Waals surface area (Å²) < 4.78 is 16.5. The van der Waals surface area contributed by atoms with Crippen LogP contribution in [0.3, 0.4) is 0 Å². The van der Waals surface area contributed by atoms with E-state index in [4.69, 9.17) is 19.3 Å². The SMILES string of the molecule is CCOc1cc(C(=O)N2CCO[C@H]3CCC[C@@H]32)ccc1OCC(=O)O. The number of carbonyl (C=O) groups excluding carboxylic acids is 1. The molecular formula is C18H23NO6. The molecule has 25 heavy (non-hydrogen) atoms. The fourth-order valence-electron chi connectivity index (χ4n) is 3.51. The molecule has 136 valence electrons. The predicted octanol–water partition coefficient (Wildman–Crippen LogP) is 1.94. The number of carboxylic acid groups (broad SMARTS) is 1. The first kappa shape index (κ1) is 17.5. The van der Waals surface area contributed by atoms with Crippen LogP contribution < -0.4 is 9.47 Å². The van der Waals surface area contributed by atoms with E-state index >= 15 is 0 Å². The zero-order chi connectivity index (χ0) is 17.8. The molecule has 2 fully saturated rings. The largest absolute Gasteiger partial charge is 0.490 e. The van der Waals surface area contributed by atoms with Gasteiger partial charge >= 0.3 is 5.97 Å². The van der Waals surface area contributed by atoms with Crippen LogP contribution in [-0.2, 0) is 9.53 Å². The molecule has 0 unspecified atom stereocenters. The summed E-state index contributed by atoms with van der Waals surface area (Å²) in [6.45, 7) is 2.90. The number of ether oxygens (including phenoxy) is 3. The molecule has 1 N–H and O–H groups in total. The van der Waals surface area contributed by atoms with Crippen LogP contribution in [0.25, 0.3) is 0 Å². The van der Waals surface area contributed by atoms with E-state index in [1.807, 2.05) is 11.8 Å². The second-order valence-corrected chi connectivity index (χ2v) is 6.18. The molecule has 1 aliphatic heterocycles. The van der Waals surface area contributed by atoms with Gasteiger partial charge in [0.15, 0.2) is 18.1 Å². The number of aliphatic carboxylic acids is 1. The Kier molecular flexibility index (Phi) is 5.43. The van der Waals surface area contributed by atoms with E-state index < -0.39 is 12.6 Å². The van der Waals surface area contributed by atoms with Gasteiger partial charge in [0, 0.05) is 12.1 Å². The van der Waals surface area contributed by atoms with Crippen LogP contribution in [0, 0.1) is 0 Å². The monoisotopic (exact) mass is 349 g/mol. The molecule has 7 nitrogen and oxygen atoms in total. The quantitative estimate of drug-likeness (QED) is 0.845. The Labute approximate surface area is 146 Å². The summed E-state index contributed by atoms with van der Waals surface area (Å²) in [6.07, 6.45) is 3.18. The normalized spacial score (nSPS) is 22.4. The third kappa shape index (κ3) is 3.87. The summed E-state index contributed by atoms with van der Waals surface area (Å²) >= 11 is 0. The number of fused-ring (bicyclic) bond motifs is 1. The van der Waals surface area contributed by atoms with Crippen molar-refractivity contribution in [3.8, 4) is 11.5 Å². The van der Waals surface area contributed by atoms with Gasteiger partial charge < -0.3 is 24.2 Å². The van der Waals surface area contributed by atoms with Crippen molar-refractivity contribution < 1.29 is 28.9 Å². The number of amides is 1. The minimum atomic E-state index is -1.07. The molecule has 2 atom stereocenters. The Balaban J connectivity index is 1.79. The molecule has 0 radical (unpaired) electrons. The summed E-state index contributed by atoms with van der Waals surface area (Å²) in [5.74, 6) is -0.415. The second kappa shape index (κ2) is 7.74. The molecule has 1 aromatic carbocycles. The van der Waals surface area contributed by atoms with Crippen LogP contribution in [0.1, 0.15) is 36.5 Å². The van der Waals surface area contributed by atoms with Gasteiger partial charge in [-0.25, -0.2) is 4.79 Å². The molecule has 0 bridgehead atoms. The molecule has 3 rings (SSSR count). The third-order valence-electron chi connectivity index (χ3n) is 4.58. The number of benzene rings is 1. The lowest BCUT2D eigenvalue weighted by atomic mass is 10.1. The molecule has 0 spiro atoms. The molecule has 1 heterocycles. The Morgan fingerprint density at radius 1 is 1.28 bits per heavy atom. The number of rotatable bonds is 6. The van der Waals surface area contributed by atoms with Crippen molar-refractivity contribution >= 4 is 11.9 Å². The molecular weight excluding hydrogens is 326 g/mol. The molecule has 1 amide bonds. The van der Waals surface area contributed by atoms with Gasteiger partial charge in [0.1, 0.15) is 0 Å². The van der Waals surface area contributed by atoms with Crippen molar-refractivity contribution in [2.24, 2.45) is 0 Å². The smallest absolute Gasteiger partial charge is 0.341 e. The van der Waals surface area contributed by atoms with E-state index in [9.17, 15) is 9.59 Å². The van der Waals surface area contributed by atoms with E-state index in [0.717, 1.165) is 19.3 Å². The first-order valence-electron chi connectivity index (χ1n) is 8.64. The van der Waals surface area contributed by atoms with Crippen LogP contribution in [0.2, 0.25) is 0 Å². The predicted molar refractivity (Wildman–Crippen MR) is 89.2 cm³/mol. The lowest BCUT2D eigenvalue weighted by Crippen LogP contribution is -2.51. The zero-order valence-corrected chi connectivity index (χ0v) is 14.3. The van der Waals surface area contributed by atoms with Crippen molar-refractivity contribution in [2.75, 3.05) is 26.4 Å². The summed E-state index contributed by atoms with van der Waals surface area (Å²) in [7, 11) is 0. The number of morpholine rings is 1. The Bertz CT molecular complexity index is 646. The highest BCUT2D eigenvalue weighted by Gasteiger charge is 2.38. The number of carboxylic acids is 1. The van der Waals surface area contributed by atoms with Gasteiger partial charge in [-0.1, -0.05) is 0 Å². The van der Waals surface area contributed by atoms with Crippen LogP contribution in [0.5, 0.6) is 11.5 Å². The standard InChI is InChI=1S/C18H23NO6/c1-2-23-16-10-12(6-7-15(16)25-11-17(20)21)18(22)19-8-9-24-14-5-3-4-13(14)19/h6-7,10,13-14H,2-5,8-9,11H2,1H3,(H,20,21)/t13-,14-/m0/s1. The summed E-state index contributed by atoms with van der Waals surface area (Å²) in [4.78, 5) is 25.5. The summed E-state index contributed by atoms with van der Waals surface area (Å²) in [6, 6.07) is 5.01. The number of hydrogen-bond acceptors (Lipinski definition) is 5. The molecule has 1 aliphatic carbocycles. The highest BCUT2D eigenvalue weighted by atomic mass is 16.5. The molecule has 1 saturated carbocycles. The van der Waals surface area contributed by atoms with E-state index in [-0.39, 0.29) is 18.1 Å².